The van der Waals surface area contributed by atoms with Gasteiger partial charge in [0.2, 0.25) is 5.91 Å². The van der Waals surface area contributed by atoms with Crippen LogP contribution in [-0.4, -0.2) is 47.4 Å². The van der Waals surface area contributed by atoms with E-state index in [1.54, 1.807) is 0 Å². The third-order valence-corrected chi connectivity index (χ3v) is 4.44. The first kappa shape index (κ1) is 20.1. The van der Waals surface area contributed by atoms with Gasteiger partial charge in [-0.1, -0.05) is 0 Å². The van der Waals surface area contributed by atoms with Crippen molar-refractivity contribution in [2.45, 2.75) is 44.2 Å². The van der Waals surface area contributed by atoms with Crippen LogP contribution in [0.15, 0.2) is 12.4 Å². The monoisotopic (exact) mass is 363 g/mol. The topological polar surface area (TPSA) is 62.2 Å². The third kappa shape index (κ3) is 5.55. The predicted molar refractivity (Wildman–Crippen MR) is 96.7 cm³/mol. The lowest BCUT2D eigenvalue weighted by Crippen LogP contribution is -2.48. The minimum atomic E-state index is 0. The number of piperidine rings is 1. The fourth-order valence-corrected chi connectivity index (χ4v) is 3.34. The number of amides is 1. The van der Waals surface area contributed by atoms with Gasteiger partial charge in [0.15, 0.2) is 0 Å². The third-order valence-electron chi connectivity index (χ3n) is 4.44. The molecule has 0 saturated carbocycles. The van der Waals surface area contributed by atoms with Gasteiger partial charge in [0.1, 0.15) is 0 Å². The van der Waals surface area contributed by atoms with Crippen molar-refractivity contribution in [1.82, 2.24) is 20.4 Å². The number of aromatic nitrogens is 2. The number of rotatable bonds is 4. The van der Waals surface area contributed by atoms with E-state index in [4.69, 9.17) is 0 Å². The molecule has 1 aromatic heterocycles. The first-order valence-electron chi connectivity index (χ1n) is 7.97. The Morgan fingerprint density at radius 2 is 2.22 bits per heavy atom. The maximum Gasteiger partial charge on any atom is 0.221 e. The average Bonchev–Trinajstić information content (AvgIpc) is 3.10. The molecule has 0 aromatic carbocycles. The molecule has 1 aromatic rings. The van der Waals surface area contributed by atoms with Crippen molar-refractivity contribution >= 4 is 36.4 Å². The van der Waals surface area contributed by atoms with Crippen molar-refractivity contribution in [3.8, 4) is 0 Å². The van der Waals surface area contributed by atoms with E-state index in [2.05, 4.69) is 20.6 Å². The van der Waals surface area contributed by atoms with Crippen LogP contribution in [-0.2, 0) is 11.8 Å². The van der Waals surface area contributed by atoms with Gasteiger partial charge in [-0.2, -0.15) is 5.10 Å². The SMILES string of the molecule is Cl.Cl.Cn1cc(N2CCCC(NC(=O)CC3CCCN3)C2)cn1. The number of hydrogen-bond acceptors (Lipinski definition) is 4. The predicted octanol–water partition coefficient (Wildman–Crippen LogP) is 1.49. The van der Waals surface area contributed by atoms with Gasteiger partial charge in [-0.15, -0.1) is 24.8 Å². The molecular formula is C15H27Cl2N5O. The maximum atomic E-state index is 12.1. The zero-order valence-corrected chi connectivity index (χ0v) is 15.2. The molecule has 0 bridgehead atoms. The minimum absolute atomic E-state index is 0. The number of aryl methyl sites for hydroxylation is 1. The normalized spacial score (nSPS) is 23.8. The summed E-state index contributed by atoms with van der Waals surface area (Å²) in [6, 6.07) is 0.635. The molecular weight excluding hydrogens is 337 g/mol. The summed E-state index contributed by atoms with van der Waals surface area (Å²) in [6.07, 6.45) is 9.04. The van der Waals surface area contributed by atoms with Crippen LogP contribution in [0.25, 0.3) is 0 Å². The van der Waals surface area contributed by atoms with E-state index in [1.807, 2.05) is 24.1 Å². The van der Waals surface area contributed by atoms with Crippen LogP contribution in [0.3, 0.4) is 0 Å². The maximum absolute atomic E-state index is 12.1. The first-order valence-corrected chi connectivity index (χ1v) is 7.97. The number of anilines is 1. The summed E-state index contributed by atoms with van der Waals surface area (Å²) < 4.78 is 1.82. The molecule has 3 rings (SSSR count). The van der Waals surface area contributed by atoms with Gasteiger partial charge in [-0.25, -0.2) is 0 Å². The van der Waals surface area contributed by atoms with Crippen LogP contribution < -0.4 is 15.5 Å². The Hall–Kier alpha value is -0.980. The molecule has 132 valence electrons. The number of nitrogens with one attached hydrogen (secondary N) is 2. The van der Waals surface area contributed by atoms with E-state index in [0.717, 1.165) is 44.6 Å². The Kier molecular flexibility index (Phi) is 8.16. The van der Waals surface area contributed by atoms with Crippen LogP contribution in [0.4, 0.5) is 5.69 Å². The van der Waals surface area contributed by atoms with E-state index in [9.17, 15) is 4.79 Å². The van der Waals surface area contributed by atoms with E-state index >= 15 is 0 Å². The molecule has 2 aliphatic rings. The molecule has 8 heteroatoms. The second kappa shape index (κ2) is 9.35. The number of halogens is 2. The van der Waals surface area contributed by atoms with Crippen LogP contribution in [0.2, 0.25) is 0 Å². The summed E-state index contributed by atoms with van der Waals surface area (Å²) in [7, 11) is 1.93. The molecule has 2 saturated heterocycles. The number of nitrogens with zero attached hydrogens (tertiary/aromatic N) is 3. The van der Waals surface area contributed by atoms with E-state index in [0.29, 0.717) is 12.5 Å². The zero-order chi connectivity index (χ0) is 14.7. The first-order chi connectivity index (χ1) is 10.2. The van der Waals surface area contributed by atoms with Crippen molar-refractivity contribution < 1.29 is 4.79 Å². The van der Waals surface area contributed by atoms with Gasteiger partial charge in [-0.3, -0.25) is 9.48 Å². The highest BCUT2D eigenvalue weighted by Gasteiger charge is 2.24. The molecule has 2 fully saturated rings. The number of carbonyl (C=O) groups is 1. The van der Waals surface area contributed by atoms with Crippen molar-refractivity contribution in [1.29, 1.82) is 0 Å². The molecule has 2 atom stereocenters. The van der Waals surface area contributed by atoms with Gasteiger partial charge in [0.05, 0.1) is 11.9 Å². The van der Waals surface area contributed by atoms with Crippen LogP contribution in [0, 0.1) is 0 Å². The van der Waals surface area contributed by atoms with Crippen molar-refractivity contribution in [3.05, 3.63) is 12.4 Å². The average molecular weight is 364 g/mol. The van der Waals surface area contributed by atoms with Gasteiger partial charge < -0.3 is 15.5 Å². The molecule has 0 aliphatic carbocycles. The summed E-state index contributed by atoms with van der Waals surface area (Å²) in [5, 5.41) is 10.8. The van der Waals surface area contributed by atoms with Gasteiger partial charge in [0, 0.05) is 44.8 Å². The molecule has 2 N–H and O–H groups in total. The molecule has 0 spiro atoms. The highest BCUT2D eigenvalue weighted by atomic mass is 35.5. The fraction of sp³-hybridized carbons (Fsp3) is 0.733. The van der Waals surface area contributed by atoms with E-state index in [-0.39, 0.29) is 36.8 Å². The molecule has 0 radical (unpaired) electrons. The minimum Gasteiger partial charge on any atom is -0.367 e. The summed E-state index contributed by atoms with van der Waals surface area (Å²) in [5.41, 5.74) is 1.15. The second-order valence-electron chi connectivity index (χ2n) is 6.22. The molecule has 2 unspecified atom stereocenters. The Morgan fingerprint density at radius 1 is 1.39 bits per heavy atom. The van der Waals surface area contributed by atoms with Crippen LogP contribution in [0.1, 0.15) is 32.1 Å². The number of carbonyl (C=O) groups excluding carboxylic acids is 1. The van der Waals surface area contributed by atoms with Crippen LogP contribution >= 0.6 is 24.8 Å². The van der Waals surface area contributed by atoms with Crippen molar-refractivity contribution in [3.63, 3.8) is 0 Å². The number of hydrogen-bond donors (Lipinski definition) is 2. The summed E-state index contributed by atoms with van der Waals surface area (Å²) in [4.78, 5) is 14.4. The molecule has 1 amide bonds. The Labute approximate surface area is 150 Å². The zero-order valence-electron chi connectivity index (χ0n) is 13.5. The lowest BCUT2D eigenvalue weighted by molar-refractivity contribution is -0.122. The van der Waals surface area contributed by atoms with E-state index in [1.165, 1.54) is 6.42 Å². The quantitative estimate of drug-likeness (QED) is 0.850. The largest absolute Gasteiger partial charge is 0.367 e. The molecule has 3 heterocycles. The van der Waals surface area contributed by atoms with Gasteiger partial charge >= 0.3 is 0 Å². The lowest BCUT2D eigenvalue weighted by Gasteiger charge is -2.34. The lowest BCUT2D eigenvalue weighted by atomic mass is 10.0. The standard InChI is InChI=1S/C15H25N5O.2ClH/c1-19-11-14(9-17-19)20-7-3-5-13(10-20)18-15(21)8-12-4-2-6-16-12;;/h9,11-13,16H,2-8,10H2,1H3,(H,18,21);2*1H. The van der Waals surface area contributed by atoms with E-state index < -0.39 is 0 Å². The van der Waals surface area contributed by atoms with Gasteiger partial charge in [-0.05, 0) is 32.2 Å². The highest BCUT2D eigenvalue weighted by Crippen LogP contribution is 2.19. The molecule has 6 nitrogen and oxygen atoms in total. The smallest absolute Gasteiger partial charge is 0.221 e. The van der Waals surface area contributed by atoms with Gasteiger partial charge in [0.25, 0.3) is 0 Å². The fourth-order valence-electron chi connectivity index (χ4n) is 3.34. The van der Waals surface area contributed by atoms with Crippen molar-refractivity contribution in [2.75, 3.05) is 24.5 Å². The summed E-state index contributed by atoms with van der Waals surface area (Å²) in [5.74, 6) is 0.187. The highest BCUT2D eigenvalue weighted by molar-refractivity contribution is 5.85. The molecule has 23 heavy (non-hydrogen) atoms. The molecule has 2 aliphatic heterocycles. The Balaban J connectivity index is 0.00000132. The summed E-state index contributed by atoms with van der Waals surface area (Å²) >= 11 is 0. The Morgan fingerprint density at radius 3 is 2.87 bits per heavy atom. The Bertz CT molecular complexity index is 490. The summed E-state index contributed by atoms with van der Waals surface area (Å²) in [6.45, 7) is 2.98. The van der Waals surface area contributed by atoms with Crippen molar-refractivity contribution in [2.24, 2.45) is 7.05 Å². The van der Waals surface area contributed by atoms with Crippen LogP contribution in [0.5, 0.6) is 0 Å². The second-order valence-corrected chi connectivity index (χ2v) is 6.22.